The number of hydrogen-bond donors (Lipinski definition) is 1. The molecule has 3 heteroatoms. The molecule has 0 spiro atoms. The van der Waals surface area contributed by atoms with E-state index in [1.54, 1.807) is 0 Å². The van der Waals surface area contributed by atoms with Crippen molar-refractivity contribution >= 4 is 11.5 Å². The molecule has 16 heavy (non-hydrogen) atoms. The first-order valence-electron chi connectivity index (χ1n) is 5.77. The van der Waals surface area contributed by atoms with Gasteiger partial charge in [-0.05, 0) is 38.3 Å². The van der Waals surface area contributed by atoms with Gasteiger partial charge in [0.05, 0.1) is 5.69 Å². The minimum atomic E-state index is -0.268. The number of ketones is 1. The lowest BCUT2D eigenvalue weighted by atomic mass is 9.97. The molecule has 1 aromatic rings. The second-order valence-electron chi connectivity index (χ2n) is 4.29. The molecule has 1 aliphatic carbocycles. The van der Waals surface area contributed by atoms with Gasteiger partial charge in [0.2, 0.25) is 0 Å². The van der Waals surface area contributed by atoms with E-state index >= 15 is 0 Å². The van der Waals surface area contributed by atoms with Gasteiger partial charge in [-0.25, -0.2) is 0 Å². The van der Waals surface area contributed by atoms with Crippen LogP contribution in [-0.2, 0) is 9.63 Å². The van der Waals surface area contributed by atoms with Crippen molar-refractivity contribution in [2.75, 3.05) is 5.48 Å². The van der Waals surface area contributed by atoms with Crippen LogP contribution in [0.1, 0.15) is 31.2 Å². The number of aryl methyl sites for hydroxylation is 1. The largest absolute Gasteiger partial charge is 0.297 e. The standard InChI is InChI=1S/C13H17NO2/c1-10-6-8-11(9-7-10)14-16-13-5-3-2-4-12(13)15/h6-9,13-14H,2-5H2,1H3/t13-/m1/s1. The quantitative estimate of drug-likeness (QED) is 0.794. The van der Waals surface area contributed by atoms with Crippen molar-refractivity contribution in [3.63, 3.8) is 0 Å². The first-order valence-corrected chi connectivity index (χ1v) is 5.77. The highest BCUT2D eigenvalue weighted by atomic mass is 16.7. The number of benzene rings is 1. The molecule has 1 fully saturated rings. The zero-order chi connectivity index (χ0) is 11.4. The van der Waals surface area contributed by atoms with Gasteiger partial charge in [-0.2, -0.15) is 0 Å². The van der Waals surface area contributed by atoms with E-state index in [1.165, 1.54) is 5.56 Å². The zero-order valence-corrected chi connectivity index (χ0v) is 9.53. The van der Waals surface area contributed by atoms with E-state index in [4.69, 9.17) is 4.84 Å². The number of anilines is 1. The second kappa shape index (κ2) is 5.12. The molecule has 0 heterocycles. The summed E-state index contributed by atoms with van der Waals surface area (Å²) in [6.07, 6.45) is 3.29. The number of carbonyl (C=O) groups excluding carboxylic acids is 1. The minimum Gasteiger partial charge on any atom is -0.297 e. The normalized spacial score (nSPS) is 20.8. The molecule has 86 valence electrons. The van der Waals surface area contributed by atoms with E-state index < -0.39 is 0 Å². The number of rotatable bonds is 3. The SMILES string of the molecule is Cc1ccc(NO[C@@H]2CCCCC2=O)cc1. The Morgan fingerprint density at radius 3 is 2.69 bits per heavy atom. The van der Waals surface area contributed by atoms with Crippen LogP contribution < -0.4 is 5.48 Å². The van der Waals surface area contributed by atoms with Crippen LogP contribution >= 0.6 is 0 Å². The summed E-state index contributed by atoms with van der Waals surface area (Å²) in [7, 11) is 0. The first kappa shape index (κ1) is 11.1. The maximum Gasteiger partial charge on any atom is 0.164 e. The van der Waals surface area contributed by atoms with Gasteiger partial charge in [-0.3, -0.25) is 15.1 Å². The van der Waals surface area contributed by atoms with Crippen molar-refractivity contribution in [3.05, 3.63) is 29.8 Å². The van der Waals surface area contributed by atoms with E-state index in [0.29, 0.717) is 6.42 Å². The highest BCUT2D eigenvalue weighted by Gasteiger charge is 2.23. The maximum atomic E-state index is 11.5. The van der Waals surface area contributed by atoms with Crippen molar-refractivity contribution < 1.29 is 9.63 Å². The van der Waals surface area contributed by atoms with Gasteiger partial charge >= 0.3 is 0 Å². The van der Waals surface area contributed by atoms with Crippen LogP contribution in [0, 0.1) is 6.92 Å². The summed E-state index contributed by atoms with van der Waals surface area (Å²) < 4.78 is 0. The smallest absolute Gasteiger partial charge is 0.164 e. The van der Waals surface area contributed by atoms with Gasteiger partial charge in [-0.1, -0.05) is 17.7 Å². The summed E-state index contributed by atoms with van der Waals surface area (Å²) in [5.41, 5.74) is 4.95. The monoisotopic (exact) mass is 219 g/mol. The van der Waals surface area contributed by atoms with Gasteiger partial charge < -0.3 is 0 Å². The van der Waals surface area contributed by atoms with Crippen LogP contribution in [0.2, 0.25) is 0 Å². The van der Waals surface area contributed by atoms with Crippen molar-refractivity contribution in [1.82, 2.24) is 0 Å². The molecule has 1 aliphatic rings. The Morgan fingerprint density at radius 1 is 1.25 bits per heavy atom. The molecule has 0 saturated heterocycles. The highest BCUT2D eigenvalue weighted by molar-refractivity contribution is 5.83. The molecular formula is C13H17NO2. The average Bonchev–Trinajstić information content (AvgIpc) is 2.30. The van der Waals surface area contributed by atoms with Crippen LogP contribution in [0.5, 0.6) is 0 Å². The van der Waals surface area contributed by atoms with Gasteiger partial charge in [0.15, 0.2) is 5.78 Å². The summed E-state index contributed by atoms with van der Waals surface area (Å²) in [5.74, 6) is 0.214. The number of Topliss-reactive ketones (excluding diaryl/α,β-unsaturated/α-hetero) is 1. The Kier molecular flexibility index (Phi) is 3.57. The first-order chi connectivity index (χ1) is 7.75. The van der Waals surface area contributed by atoms with Gasteiger partial charge in [0.25, 0.3) is 0 Å². The van der Waals surface area contributed by atoms with Crippen LogP contribution in [0.4, 0.5) is 5.69 Å². The Hall–Kier alpha value is -1.35. The molecule has 0 bridgehead atoms. The fourth-order valence-corrected chi connectivity index (χ4v) is 1.84. The fourth-order valence-electron chi connectivity index (χ4n) is 1.84. The van der Waals surface area contributed by atoms with Gasteiger partial charge in [0.1, 0.15) is 6.10 Å². The van der Waals surface area contributed by atoms with Gasteiger partial charge in [-0.15, -0.1) is 0 Å². The Morgan fingerprint density at radius 2 is 2.00 bits per heavy atom. The van der Waals surface area contributed by atoms with E-state index in [0.717, 1.165) is 24.9 Å². The molecular weight excluding hydrogens is 202 g/mol. The lowest BCUT2D eigenvalue weighted by Gasteiger charge is -2.20. The predicted molar refractivity (Wildman–Crippen MR) is 63.1 cm³/mol. The summed E-state index contributed by atoms with van der Waals surface area (Å²) in [4.78, 5) is 16.9. The predicted octanol–water partition coefficient (Wildman–Crippen LogP) is 2.85. The number of hydrogen-bond acceptors (Lipinski definition) is 3. The molecule has 1 saturated carbocycles. The zero-order valence-electron chi connectivity index (χ0n) is 9.53. The Labute approximate surface area is 95.8 Å². The number of nitrogens with one attached hydrogen (secondary N) is 1. The van der Waals surface area contributed by atoms with Crippen molar-refractivity contribution in [3.8, 4) is 0 Å². The molecule has 0 aromatic heterocycles. The molecule has 0 aliphatic heterocycles. The fraction of sp³-hybridized carbons (Fsp3) is 0.462. The molecule has 2 rings (SSSR count). The summed E-state index contributed by atoms with van der Waals surface area (Å²) in [6.45, 7) is 2.04. The van der Waals surface area contributed by atoms with Crippen LogP contribution in [-0.4, -0.2) is 11.9 Å². The molecule has 3 nitrogen and oxygen atoms in total. The summed E-state index contributed by atoms with van der Waals surface area (Å²) in [6, 6.07) is 7.91. The Balaban J connectivity index is 1.86. The van der Waals surface area contributed by atoms with Gasteiger partial charge in [0, 0.05) is 6.42 Å². The molecule has 0 unspecified atom stereocenters. The third-order valence-corrected chi connectivity index (χ3v) is 2.87. The Bertz CT molecular complexity index is 359. The topological polar surface area (TPSA) is 38.3 Å². The third kappa shape index (κ3) is 2.83. The van der Waals surface area contributed by atoms with E-state index in [2.05, 4.69) is 5.48 Å². The molecule has 1 N–H and O–H groups in total. The molecule has 0 radical (unpaired) electrons. The highest BCUT2D eigenvalue weighted by Crippen LogP contribution is 2.18. The maximum absolute atomic E-state index is 11.5. The third-order valence-electron chi connectivity index (χ3n) is 2.87. The second-order valence-corrected chi connectivity index (χ2v) is 4.29. The van der Waals surface area contributed by atoms with Crippen molar-refractivity contribution in [2.45, 2.75) is 38.7 Å². The molecule has 1 atom stereocenters. The lowest BCUT2D eigenvalue weighted by molar-refractivity contribution is -0.131. The van der Waals surface area contributed by atoms with E-state index in [9.17, 15) is 4.79 Å². The van der Waals surface area contributed by atoms with Crippen LogP contribution in [0.25, 0.3) is 0 Å². The summed E-state index contributed by atoms with van der Waals surface area (Å²) in [5, 5.41) is 0. The molecule has 0 amide bonds. The van der Waals surface area contributed by atoms with Crippen LogP contribution in [0.15, 0.2) is 24.3 Å². The van der Waals surface area contributed by atoms with E-state index in [-0.39, 0.29) is 11.9 Å². The van der Waals surface area contributed by atoms with E-state index in [1.807, 2.05) is 31.2 Å². The molecule has 1 aromatic carbocycles. The number of carbonyl (C=O) groups is 1. The lowest BCUT2D eigenvalue weighted by Crippen LogP contribution is -2.29. The van der Waals surface area contributed by atoms with Crippen molar-refractivity contribution in [1.29, 1.82) is 0 Å². The van der Waals surface area contributed by atoms with Crippen molar-refractivity contribution in [2.24, 2.45) is 0 Å². The average molecular weight is 219 g/mol. The van der Waals surface area contributed by atoms with Crippen LogP contribution in [0.3, 0.4) is 0 Å². The summed E-state index contributed by atoms with van der Waals surface area (Å²) >= 11 is 0. The minimum absolute atomic E-state index is 0.214.